The van der Waals surface area contributed by atoms with E-state index in [1.54, 1.807) is 0 Å². The van der Waals surface area contributed by atoms with Gasteiger partial charge in [0.05, 0.1) is 6.61 Å². The number of hydrogen-bond donors (Lipinski definition) is 2. The SMILES string of the molecule is Cc1ccccc1NC(=S)N(CCO)Cc1ccccc1. The molecule has 0 amide bonds. The lowest BCUT2D eigenvalue weighted by Crippen LogP contribution is -2.36. The van der Waals surface area contributed by atoms with Crippen LogP contribution in [0.2, 0.25) is 0 Å². The van der Waals surface area contributed by atoms with Gasteiger partial charge in [0.1, 0.15) is 0 Å². The number of para-hydroxylation sites is 1. The summed E-state index contributed by atoms with van der Waals surface area (Å²) in [6, 6.07) is 18.1. The van der Waals surface area contributed by atoms with Crippen molar-refractivity contribution in [3.63, 3.8) is 0 Å². The molecule has 0 saturated heterocycles. The minimum absolute atomic E-state index is 0.0719. The van der Waals surface area contributed by atoms with Crippen molar-refractivity contribution in [1.82, 2.24) is 4.90 Å². The molecule has 0 unspecified atom stereocenters. The van der Waals surface area contributed by atoms with Crippen molar-refractivity contribution in [2.45, 2.75) is 13.5 Å². The standard InChI is InChI=1S/C17H20N2OS/c1-14-7-5-6-10-16(14)18-17(21)19(11-12-20)13-15-8-3-2-4-9-15/h2-10,20H,11-13H2,1H3,(H,18,21). The van der Waals surface area contributed by atoms with Gasteiger partial charge in [-0.2, -0.15) is 0 Å². The van der Waals surface area contributed by atoms with Gasteiger partial charge >= 0.3 is 0 Å². The zero-order chi connectivity index (χ0) is 15.1. The van der Waals surface area contributed by atoms with Gasteiger partial charge in [0.2, 0.25) is 0 Å². The van der Waals surface area contributed by atoms with Gasteiger partial charge < -0.3 is 15.3 Å². The number of aliphatic hydroxyl groups is 1. The van der Waals surface area contributed by atoms with Crippen molar-refractivity contribution in [2.75, 3.05) is 18.5 Å². The third-order valence-corrected chi connectivity index (χ3v) is 3.62. The van der Waals surface area contributed by atoms with Crippen molar-refractivity contribution in [2.24, 2.45) is 0 Å². The monoisotopic (exact) mass is 300 g/mol. The van der Waals surface area contributed by atoms with Crippen LogP contribution in [0.25, 0.3) is 0 Å². The number of anilines is 1. The molecule has 0 saturated carbocycles. The smallest absolute Gasteiger partial charge is 0.173 e. The van der Waals surface area contributed by atoms with Crippen LogP contribution >= 0.6 is 12.2 Å². The summed E-state index contributed by atoms with van der Waals surface area (Å²) in [6.07, 6.45) is 0. The first kappa shape index (κ1) is 15.5. The number of nitrogens with one attached hydrogen (secondary N) is 1. The summed E-state index contributed by atoms with van der Waals surface area (Å²) in [6.45, 7) is 3.30. The Morgan fingerprint density at radius 3 is 2.43 bits per heavy atom. The molecule has 0 bridgehead atoms. The van der Waals surface area contributed by atoms with Gasteiger partial charge in [-0.1, -0.05) is 48.5 Å². The summed E-state index contributed by atoms with van der Waals surface area (Å²) < 4.78 is 0. The second kappa shape index (κ2) is 7.76. The first-order valence-electron chi connectivity index (χ1n) is 6.97. The highest BCUT2D eigenvalue weighted by molar-refractivity contribution is 7.80. The number of thiocarbonyl (C=S) groups is 1. The fourth-order valence-electron chi connectivity index (χ4n) is 2.08. The number of benzene rings is 2. The van der Waals surface area contributed by atoms with E-state index in [0.717, 1.165) is 11.3 Å². The summed E-state index contributed by atoms with van der Waals surface area (Å²) in [7, 11) is 0. The van der Waals surface area contributed by atoms with Crippen LogP contribution in [0, 0.1) is 6.92 Å². The van der Waals surface area contributed by atoms with Gasteiger partial charge in [0.15, 0.2) is 5.11 Å². The van der Waals surface area contributed by atoms with Crippen LogP contribution in [0.5, 0.6) is 0 Å². The maximum atomic E-state index is 9.26. The molecule has 2 N–H and O–H groups in total. The van der Waals surface area contributed by atoms with Crippen LogP contribution in [-0.4, -0.2) is 28.3 Å². The molecule has 0 fully saturated rings. The van der Waals surface area contributed by atoms with Crippen LogP contribution < -0.4 is 5.32 Å². The lowest BCUT2D eigenvalue weighted by Gasteiger charge is -2.25. The quantitative estimate of drug-likeness (QED) is 0.831. The number of hydrogen-bond acceptors (Lipinski definition) is 2. The van der Waals surface area contributed by atoms with E-state index in [0.29, 0.717) is 18.2 Å². The van der Waals surface area contributed by atoms with Crippen molar-refractivity contribution >= 4 is 23.0 Å². The highest BCUT2D eigenvalue weighted by atomic mass is 32.1. The van der Waals surface area contributed by atoms with Gasteiger partial charge in [-0.15, -0.1) is 0 Å². The van der Waals surface area contributed by atoms with Crippen molar-refractivity contribution in [1.29, 1.82) is 0 Å². The van der Waals surface area contributed by atoms with E-state index in [-0.39, 0.29) is 6.61 Å². The van der Waals surface area contributed by atoms with Gasteiger partial charge in [-0.3, -0.25) is 0 Å². The Morgan fingerprint density at radius 2 is 1.76 bits per heavy atom. The summed E-state index contributed by atoms with van der Waals surface area (Å²) in [5.74, 6) is 0. The molecule has 21 heavy (non-hydrogen) atoms. The van der Waals surface area contributed by atoms with Gasteiger partial charge in [0.25, 0.3) is 0 Å². The van der Waals surface area contributed by atoms with Crippen molar-refractivity contribution in [3.05, 3.63) is 65.7 Å². The van der Waals surface area contributed by atoms with E-state index in [2.05, 4.69) is 17.4 Å². The minimum Gasteiger partial charge on any atom is -0.395 e. The molecule has 0 radical (unpaired) electrons. The summed E-state index contributed by atoms with van der Waals surface area (Å²) in [5, 5.41) is 13.1. The second-order valence-corrected chi connectivity index (χ2v) is 5.26. The predicted octanol–water partition coefficient (Wildman–Crippen LogP) is 3.19. The van der Waals surface area contributed by atoms with Crippen LogP contribution in [-0.2, 0) is 6.54 Å². The first-order chi connectivity index (χ1) is 10.2. The highest BCUT2D eigenvalue weighted by Gasteiger charge is 2.10. The molecule has 2 aromatic carbocycles. The topological polar surface area (TPSA) is 35.5 Å². The molecular formula is C17H20N2OS. The Balaban J connectivity index is 2.07. The van der Waals surface area contributed by atoms with E-state index in [9.17, 15) is 5.11 Å². The molecule has 0 spiro atoms. The zero-order valence-corrected chi connectivity index (χ0v) is 12.9. The molecule has 110 valence electrons. The largest absolute Gasteiger partial charge is 0.395 e. The lowest BCUT2D eigenvalue weighted by molar-refractivity contribution is 0.248. The molecular weight excluding hydrogens is 280 g/mol. The lowest BCUT2D eigenvalue weighted by atomic mass is 10.2. The van der Waals surface area contributed by atoms with Crippen molar-refractivity contribution in [3.8, 4) is 0 Å². The molecule has 2 rings (SSSR count). The maximum absolute atomic E-state index is 9.26. The molecule has 0 aromatic heterocycles. The molecule has 2 aromatic rings. The predicted molar refractivity (Wildman–Crippen MR) is 91.3 cm³/mol. The fraction of sp³-hybridized carbons (Fsp3) is 0.235. The molecule has 0 atom stereocenters. The molecule has 3 nitrogen and oxygen atoms in total. The van der Waals surface area contributed by atoms with Crippen molar-refractivity contribution < 1.29 is 5.11 Å². The molecule has 4 heteroatoms. The van der Waals surface area contributed by atoms with E-state index in [4.69, 9.17) is 12.2 Å². The molecule has 0 aliphatic rings. The Labute approximate surface area is 131 Å². The van der Waals surface area contributed by atoms with Gasteiger partial charge in [-0.05, 0) is 36.3 Å². The molecule has 0 aliphatic heterocycles. The van der Waals surface area contributed by atoms with Crippen LogP contribution in [0.15, 0.2) is 54.6 Å². The Kier molecular flexibility index (Phi) is 5.72. The Hall–Kier alpha value is -1.91. The maximum Gasteiger partial charge on any atom is 0.173 e. The number of aliphatic hydroxyl groups excluding tert-OH is 1. The number of nitrogens with zero attached hydrogens (tertiary/aromatic N) is 1. The summed E-state index contributed by atoms with van der Waals surface area (Å²) in [5.41, 5.74) is 3.31. The molecule has 0 aliphatic carbocycles. The third-order valence-electron chi connectivity index (χ3n) is 3.26. The van der Waals surface area contributed by atoms with E-state index < -0.39 is 0 Å². The average molecular weight is 300 g/mol. The number of aryl methyl sites for hydroxylation is 1. The second-order valence-electron chi connectivity index (χ2n) is 4.88. The highest BCUT2D eigenvalue weighted by Crippen LogP contribution is 2.15. The van der Waals surface area contributed by atoms with Crippen LogP contribution in [0.4, 0.5) is 5.69 Å². The molecule has 0 heterocycles. The van der Waals surface area contributed by atoms with Crippen LogP contribution in [0.3, 0.4) is 0 Å². The normalized spacial score (nSPS) is 10.2. The third kappa shape index (κ3) is 4.55. The zero-order valence-electron chi connectivity index (χ0n) is 12.1. The first-order valence-corrected chi connectivity index (χ1v) is 7.38. The Bertz CT molecular complexity index is 586. The minimum atomic E-state index is 0.0719. The Morgan fingerprint density at radius 1 is 1.10 bits per heavy atom. The van der Waals surface area contributed by atoms with Gasteiger partial charge in [0, 0.05) is 18.8 Å². The van der Waals surface area contributed by atoms with Crippen LogP contribution in [0.1, 0.15) is 11.1 Å². The fourth-order valence-corrected chi connectivity index (χ4v) is 2.35. The average Bonchev–Trinajstić information content (AvgIpc) is 2.50. The summed E-state index contributed by atoms with van der Waals surface area (Å²) in [4.78, 5) is 1.97. The van der Waals surface area contributed by atoms with E-state index in [1.165, 1.54) is 5.56 Å². The summed E-state index contributed by atoms with van der Waals surface area (Å²) >= 11 is 5.49. The number of rotatable bonds is 5. The van der Waals surface area contributed by atoms with Gasteiger partial charge in [-0.25, -0.2) is 0 Å². The van der Waals surface area contributed by atoms with E-state index in [1.807, 2.05) is 54.3 Å². The van der Waals surface area contributed by atoms with E-state index >= 15 is 0 Å².